The van der Waals surface area contributed by atoms with E-state index in [1.165, 1.54) is 6.92 Å². The second-order valence-electron chi connectivity index (χ2n) is 7.61. The van der Waals surface area contributed by atoms with Crippen LogP contribution in [0.25, 0.3) is 0 Å². The fraction of sp³-hybridized carbons (Fsp3) is 0.160. The van der Waals surface area contributed by atoms with E-state index >= 15 is 0 Å². The van der Waals surface area contributed by atoms with Crippen molar-refractivity contribution in [3.05, 3.63) is 94.0 Å². The molecule has 0 aliphatic carbocycles. The van der Waals surface area contributed by atoms with Gasteiger partial charge in [-0.15, -0.1) is 0 Å². The summed E-state index contributed by atoms with van der Waals surface area (Å²) in [6.07, 6.45) is 0.691. The van der Waals surface area contributed by atoms with Crippen molar-refractivity contribution >= 4 is 35.0 Å². The highest BCUT2D eigenvalue weighted by Gasteiger charge is 2.23. The first-order valence-corrected chi connectivity index (χ1v) is 10.8. The summed E-state index contributed by atoms with van der Waals surface area (Å²) in [7, 11) is 0. The van der Waals surface area contributed by atoms with Crippen LogP contribution in [0.3, 0.4) is 0 Å². The van der Waals surface area contributed by atoms with E-state index in [0.29, 0.717) is 41.5 Å². The molecule has 0 aromatic heterocycles. The van der Waals surface area contributed by atoms with Gasteiger partial charge in [0.25, 0.3) is 11.8 Å². The lowest BCUT2D eigenvalue weighted by atomic mass is 10.1. The molecule has 0 radical (unpaired) electrons. The number of halogens is 1. The molecule has 0 saturated heterocycles. The summed E-state index contributed by atoms with van der Waals surface area (Å²) < 4.78 is 5.69. The number of nitrogens with zero attached hydrogens (tertiary/aromatic N) is 1. The largest absolute Gasteiger partial charge is 0.489 e. The summed E-state index contributed by atoms with van der Waals surface area (Å²) in [5.41, 5.74) is 8.32. The summed E-state index contributed by atoms with van der Waals surface area (Å²) >= 11 is 5.86. The molecule has 8 heteroatoms. The van der Waals surface area contributed by atoms with Gasteiger partial charge in [-0.1, -0.05) is 23.7 Å². The highest BCUT2D eigenvalue weighted by atomic mass is 35.5. The topological polar surface area (TPSA) is 87.7 Å². The summed E-state index contributed by atoms with van der Waals surface area (Å²) in [6, 6.07) is 19.1. The van der Waals surface area contributed by atoms with Crippen molar-refractivity contribution in [1.29, 1.82) is 0 Å². The molecule has 3 aromatic rings. The second kappa shape index (κ2) is 9.75. The van der Waals surface area contributed by atoms with Gasteiger partial charge >= 0.3 is 0 Å². The van der Waals surface area contributed by atoms with Crippen molar-refractivity contribution in [1.82, 2.24) is 10.9 Å². The third-order valence-electron chi connectivity index (χ3n) is 5.34. The first kappa shape index (κ1) is 22.4. The number of hydrazine groups is 1. The third kappa shape index (κ3) is 5.32. The minimum absolute atomic E-state index is 0.0271. The minimum atomic E-state index is -0.433. The molecule has 0 spiro atoms. The summed E-state index contributed by atoms with van der Waals surface area (Å²) in [4.78, 5) is 38.2. The van der Waals surface area contributed by atoms with Crippen molar-refractivity contribution in [2.75, 3.05) is 11.4 Å². The van der Waals surface area contributed by atoms with Gasteiger partial charge in [-0.3, -0.25) is 25.2 Å². The molecular weight excluding hydrogens is 442 g/mol. The van der Waals surface area contributed by atoms with Crippen LogP contribution in [0, 0.1) is 0 Å². The number of amides is 3. The number of ether oxygens (including phenoxy) is 1. The molecule has 0 unspecified atom stereocenters. The van der Waals surface area contributed by atoms with E-state index < -0.39 is 11.8 Å². The van der Waals surface area contributed by atoms with Gasteiger partial charge in [0.05, 0.1) is 0 Å². The van der Waals surface area contributed by atoms with Crippen molar-refractivity contribution in [2.45, 2.75) is 20.0 Å². The Kier molecular flexibility index (Phi) is 6.60. The Morgan fingerprint density at radius 3 is 2.21 bits per heavy atom. The van der Waals surface area contributed by atoms with Crippen molar-refractivity contribution in [2.24, 2.45) is 0 Å². The molecule has 0 saturated carbocycles. The van der Waals surface area contributed by atoms with E-state index in [-0.39, 0.29) is 5.91 Å². The molecule has 0 atom stereocenters. The smallest absolute Gasteiger partial charge is 0.269 e. The van der Waals surface area contributed by atoms with Crippen LogP contribution in [0.1, 0.15) is 38.8 Å². The van der Waals surface area contributed by atoms with Gasteiger partial charge in [-0.2, -0.15) is 0 Å². The third-order valence-corrected chi connectivity index (χ3v) is 5.59. The number of fused-ring (bicyclic) bond motifs is 1. The molecule has 1 aliphatic heterocycles. The zero-order valence-electron chi connectivity index (χ0n) is 17.9. The lowest BCUT2D eigenvalue weighted by Crippen LogP contribution is -2.41. The van der Waals surface area contributed by atoms with Gasteiger partial charge in [0.1, 0.15) is 12.4 Å². The van der Waals surface area contributed by atoms with Crippen molar-refractivity contribution < 1.29 is 19.1 Å². The Hall–Kier alpha value is -3.84. The van der Waals surface area contributed by atoms with Crippen LogP contribution < -0.4 is 20.5 Å². The van der Waals surface area contributed by atoms with Crippen molar-refractivity contribution in [3.8, 4) is 5.75 Å². The zero-order chi connectivity index (χ0) is 23.4. The normalized spacial score (nSPS) is 12.1. The summed E-state index contributed by atoms with van der Waals surface area (Å²) in [5.74, 6) is -0.192. The molecule has 7 nitrogen and oxygen atoms in total. The predicted octanol–water partition coefficient (Wildman–Crippen LogP) is 3.90. The number of carbonyl (C=O) groups excluding carboxylic acids is 3. The van der Waals surface area contributed by atoms with Crippen LogP contribution in [0.2, 0.25) is 5.02 Å². The van der Waals surface area contributed by atoms with Gasteiger partial charge in [0.15, 0.2) is 0 Å². The number of carbonyl (C=O) groups is 3. The van der Waals surface area contributed by atoms with Crippen LogP contribution in [0.5, 0.6) is 5.75 Å². The van der Waals surface area contributed by atoms with Gasteiger partial charge < -0.3 is 9.64 Å². The van der Waals surface area contributed by atoms with Crippen LogP contribution in [-0.4, -0.2) is 24.3 Å². The van der Waals surface area contributed by atoms with Crippen LogP contribution >= 0.6 is 11.6 Å². The molecule has 4 rings (SSSR count). The van der Waals surface area contributed by atoms with Gasteiger partial charge in [-0.25, -0.2) is 0 Å². The lowest BCUT2D eigenvalue weighted by Gasteiger charge is -2.15. The predicted molar refractivity (Wildman–Crippen MR) is 125 cm³/mol. The SMILES string of the molecule is CC(=O)N1CCc2cc(C(=O)NNC(=O)c3ccc(COc4ccc(Cl)cc4)cc3)ccc21. The Bertz CT molecular complexity index is 1190. The number of benzene rings is 3. The van der Waals surface area contributed by atoms with E-state index in [2.05, 4.69) is 10.9 Å². The second-order valence-corrected chi connectivity index (χ2v) is 8.05. The summed E-state index contributed by atoms with van der Waals surface area (Å²) in [6.45, 7) is 2.47. The molecule has 33 heavy (non-hydrogen) atoms. The Morgan fingerprint density at radius 1 is 0.909 bits per heavy atom. The van der Waals surface area contributed by atoms with E-state index in [4.69, 9.17) is 16.3 Å². The van der Waals surface area contributed by atoms with Gasteiger partial charge in [-0.05, 0) is 72.1 Å². The maximum atomic E-state index is 12.5. The van der Waals surface area contributed by atoms with Crippen LogP contribution in [0.15, 0.2) is 66.7 Å². The molecule has 168 valence electrons. The monoisotopic (exact) mass is 463 g/mol. The zero-order valence-corrected chi connectivity index (χ0v) is 18.7. The maximum Gasteiger partial charge on any atom is 0.269 e. The quantitative estimate of drug-likeness (QED) is 0.562. The van der Waals surface area contributed by atoms with E-state index in [1.807, 2.05) is 0 Å². The highest BCUT2D eigenvalue weighted by molar-refractivity contribution is 6.30. The minimum Gasteiger partial charge on any atom is -0.489 e. The number of rotatable bonds is 5. The summed E-state index contributed by atoms with van der Waals surface area (Å²) in [5, 5.41) is 0.639. The molecule has 3 aromatic carbocycles. The number of hydrogen-bond donors (Lipinski definition) is 2. The van der Waals surface area contributed by atoms with E-state index in [9.17, 15) is 14.4 Å². The molecule has 1 heterocycles. The molecule has 0 fully saturated rings. The number of anilines is 1. The standard InChI is InChI=1S/C25H22ClN3O4/c1-16(30)29-13-12-19-14-20(6-11-23(19)29)25(32)28-27-24(31)18-4-2-17(3-5-18)15-33-22-9-7-21(26)8-10-22/h2-11,14H,12-13,15H2,1H3,(H,27,31)(H,28,32). The van der Waals surface area contributed by atoms with Gasteiger partial charge in [0, 0.05) is 35.3 Å². The van der Waals surface area contributed by atoms with Crippen LogP contribution in [0.4, 0.5) is 5.69 Å². The number of hydrogen-bond acceptors (Lipinski definition) is 4. The van der Waals surface area contributed by atoms with E-state index in [0.717, 1.165) is 16.8 Å². The molecule has 2 N–H and O–H groups in total. The van der Waals surface area contributed by atoms with Crippen LogP contribution in [-0.2, 0) is 17.8 Å². The molecule has 1 aliphatic rings. The van der Waals surface area contributed by atoms with Crippen molar-refractivity contribution in [3.63, 3.8) is 0 Å². The first-order valence-electron chi connectivity index (χ1n) is 10.4. The highest BCUT2D eigenvalue weighted by Crippen LogP contribution is 2.28. The molecular formula is C25H22ClN3O4. The average molecular weight is 464 g/mol. The molecule has 3 amide bonds. The fourth-order valence-electron chi connectivity index (χ4n) is 3.58. The lowest BCUT2D eigenvalue weighted by molar-refractivity contribution is -0.116. The average Bonchev–Trinajstić information content (AvgIpc) is 3.26. The van der Waals surface area contributed by atoms with E-state index in [1.54, 1.807) is 71.6 Å². The Morgan fingerprint density at radius 2 is 1.55 bits per heavy atom. The fourth-order valence-corrected chi connectivity index (χ4v) is 3.70. The Labute approximate surface area is 196 Å². The maximum absolute atomic E-state index is 12.5. The Balaban J connectivity index is 1.30. The number of nitrogens with one attached hydrogen (secondary N) is 2. The molecule has 0 bridgehead atoms. The van der Waals surface area contributed by atoms with Gasteiger partial charge in [0.2, 0.25) is 5.91 Å². The first-order chi connectivity index (χ1) is 15.9.